The van der Waals surface area contributed by atoms with Gasteiger partial charge in [-0.1, -0.05) is 124 Å². The molecule has 2 unspecified atom stereocenters. The Morgan fingerprint density at radius 1 is 0.585 bits per heavy atom. The summed E-state index contributed by atoms with van der Waals surface area (Å²) in [5.41, 5.74) is 0. The first-order valence-corrected chi connectivity index (χ1v) is 9.44. The van der Waals surface area contributed by atoms with Crippen molar-refractivity contribution in [1.29, 1.82) is 0 Å². The number of esters is 3. The van der Waals surface area contributed by atoms with Gasteiger partial charge in [-0.3, -0.25) is 0 Å². The lowest BCUT2D eigenvalue weighted by Crippen LogP contribution is -2.03. The van der Waals surface area contributed by atoms with Crippen molar-refractivity contribution in [3.05, 3.63) is 38.0 Å². The second-order valence-electron chi connectivity index (χ2n) is 3.42. The average Bonchev–Trinajstić information content (AvgIpc) is 2.69. The van der Waals surface area contributed by atoms with E-state index in [0.717, 1.165) is 18.2 Å². The summed E-state index contributed by atoms with van der Waals surface area (Å²) >= 11 is 0. The van der Waals surface area contributed by atoms with Crippen molar-refractivity contribution in [1.82, 2.24) is 0 Å². The number of carbonyl (C=O) groups is 3. The zero-order chi connectivity index (χ0) is 21.3. The topological polar surface area (TPSA) is 138 Å². The molecule has 0 rings (SSSR count). The molecule has 0 amide bonds. The van der Waals surface area contributed by atoms with E-state index in [-0.39, 0.29) is 154 Å². The third-order valence-corrected chi connectivity index (χ3v) is 2.70. The van der Waals surface area contributed by atoms with Crippen molar-refractivity contribution in [2.24, 2.45) is 0 Å². The fourth-order valence-corrected chi connectivity index (χ4v) is 1.29. The molecule has 268 valence electrons. The van der Waals surface area contributed by atoms with E-state index in [1.165, 1.54) is 0 Å². The maximum atomic E-state index is 10.5. The number of ether oxygens (including phenoxy) is 3. The minimum Gasteiger partial charge on any atom is -0.463 e. The molecule has 0 spiro atoms. The molecule has 0 heterocycles. The molecule has 0 aliphatic rings. The zero-order valence-electron chi connectivity index (χ0n) is 15.0. The van der Waals surface area contributed by atoms with Crippen LogP contribution >= 0.6 is 17.6 Å². The van der Waals surface area contributed by atoms with E-state index in [1.54, 1.807) is 6.92 Å². The SMILES string of the molecule is C.C.C.C.C.C.C.C.C.C.C.C.C.C.C=CC(=O)OCC.C=CC(=O)OCOPCOC(=O)C=C.OCOPCO. The molecule has 0 radical (unpaired) electrons. The molecule has 2 atom stereocenters. The van der Waals surface area contributed by atoms with Crippen LogP contribution in [0.15, 0.2) is 38.0 Å². The van der Waals surface area contributed by atoms with Crippen LogP contribution in [0, 0.1) is 0 Å². The Bertz CT molecular complexity index is 410. The molecular weight excluding hydrogens is 570 g/mol. The molecule has 0 bridgehead atoms. The Labute approximate surface area is 265 Å². The number of hydrogen-bond acceptors (Lipinski definition) is 10. The standard InChI is InChI=1S/C8H11O5P.C5H8O2.C2H7O3P.14CH4/c1-3-7(9)11-5-13-14-6-12-8(10)4-2;1-3-5(6)7-4-2;3-1-5-6-2-4;;;;;;;;;;;;;;/h3-4,14H,1-2,5-6H2;3H,1,4H2,2H3;3-4,6H,1-2H2;14*1H4. The van der Waals surface area contributed by atoms with E-state index in [0.29, 0.717) is 6.61 Å². The third kappa shape index (κ3) is 135. The van der Waals surface area contributed by atoms with Crippen LogP contribution in [-0.2, 0) is 37.6 Å². The summed E-state index contributed by atoms with van der Waals surface area (Å²) in [5.74, 6) is -1.43. The molecule has 0 aliphatic heterocycles. The maximum absolute atomic E-state index is 10.5. The van der Waals surface area contributed by atoms with Crippen LogP contribution in [0.25, 0.3) is 0 Å². The maximum Gasteiger partial charge on any atom is 0.332 e. The van der Waals surface area contributed by atoms with E-state index in [4.69, 9.17) is 14.7 Å². The highest BCUT2D eigenvalue weighted by Crippen LogP contribution is 2.11. The van der Waals surface area contributed by atoms with Crippen molar-refractivity contribution in [3.63, 3.8) is 0 Å². The molecule has 12 heteroatoms. The molecule has 0 aromatic rings. The number of carbonyl (C=O) groups excluding carboxylic acids is 3. The van der Waals surface area contributed by atoms with Gasteiger partial charge in [0.1, 0.15) is 13.1 Å². The Kier molecular flexibility index (Phi) is 303. The summed E-state index contributed by atoms with van der Waals surface area (Å²) < 4.78 is 22.7. The number of rotatable bonds is 12. The normalized spacial score (nSPS) is 6.22. The van der Waals surface area contributed by atoms with Crippen LogP contribution in [0.3, 0.4) is 0 Å². The van der Waals surface area contributed by atoms with E-state index in [9.17, 15) is 14.4 Å². The van der Waals surface area contributed by atoms with Crippen LogP contribution in [0.2, 0.25) is 0 Å². The van der Waals surface area contributed by atoms with Gasteiger partial charge in [-0.05, 0) is 6.92 Å². The monoisotopic (exact) mass is 653 g/mol. The first kappa shape index (κ1) is 116. The Morgan fingerprint density at radius 2 is 0.927 bits per heavy atom. The van der Waals surface area contributed by atoms with Crippen LogP contribution < -0.4 is 0 Å². The molecule has 0 aromatic carbocycles. The van der Waals surface area contributed by atoms with E-state index < -0.39 is 11.9 Å². The van der Waals surface area contributed by atoms with Crippen molar-refractivity contribution in [3.8, 4) is 0 Å². The summed E-state index contributed by atoms with van der Waals surface area (Å²) in [6.45, 7) is 11.3. The van der Waals surface area contributed by atoms with Crippen LogP contribution in [0.5, 0.6) is 0 Å². The number of hydrogen-bond donors (Lipinski definition) is 2. The third-order valence-electron chi connectivity index (χ3n) is 1.65. The van der Waals surface area contributed by atoms with Gasteiger partial charge in [0.25, 0.3) is 0 Å². The highest BCUT2D eigenvalue weighted by Gasteiger charge is 1.97. The lowest BCUT2D eigenvalue weighted by molar-refractivity contribution is -0.144. The summed E-state index contributed by atoms with van der Waals surface area (Å²) in [7, 11) is -0.0529. The van der Waals surface area contributed by atoms with E-state index in [1.807, 2.05) is 0 Å². The summed E-state index contributed by atoms with van der Waals surface area (Å²) in [4.78, 5) is 31.1. The molecule has 0 aromatic heterocycles. The van der Waals surface area contributed by atoms with Gasteiger partial charge in [0, 0.05) is 27.0 Å². The van der Waals surface area contributed by atoms with Crippen LogP contribution in [-0.4, -0.2) is 61.0 Å². The fraction of sp³-hybridized carbons (Fsp3) is 0.690. The van der Waals surface area contributed by atoms with Gasteiger partial charge < -0.3 is 33.5 Å². The second kappa shape index (κ2) is 107. The first-order chi connectivity index (χ1) is 12.9. The van der Waals surface area contributed by atoms with Gasteiger partial charge in [-0.2, -0.15) is 0 Å². The number of aliphatic hydroxyl groups excluding tert-OH is 2. The molecule has 0 aliphatic carbocycles. The Hall–Kier alpha value is -1.67. The molecular formula is C29H82O10P2. The lowest BCUT2D eigenvalue weighted by atomic mass is 10.6. The predicted octanol–water partition coefficient (Wildman–Crippen LogP) is 10.1. The van der Waals surface area contributed by atoms with Crippen LogP contribution in [0.1, 0.15) is 111 Å². The quantitative estimate of drug-likeness (QED) is 0.0523. The van der Waals surface area contributed by atoms with E-state index >= 15 is 0 Å². The minimum atomic E-state index is -0.558. The lowest BCUT2D eigenvalue weighted by Gasteiger charge is -2.03. The van der Waals surface area contributed by atoms with Gasteiger partial charge in [-0.25, -0.2) is 14.4 Å². The summed E-state index contributed by atoms with van der Waals surface area (Å²) in [5, 5.41) is 15.8. The molecule has 0 saturated carbocycles. The average molecular weight is 653 g/mol. The molecule has 0 fully saturated rings. The number of aliphatic hydroxyl groups is 2. The van der Waals surface area contributed by atoms with Crippen molar-refractivity contribution in [2.45, 2.75) is 111 Å². The predicted molar refractivity (Wildman–Crippen MR) is 196 cm³/mol. The highest BCUT2D eigenvalue weighted by molar-refractivity contribution is 7.32. The van der Waals surface area contributed by atoms with Crippen molar-refractivity contribution < 1.29 is 47.9 Å². The summed E-state index contributed by atoms with van der Waals surface area (Å²) in [6, 6.07) is 0. The molecule has 2 N–H and O–H groups in total. The fourth-order valence-electron chi connectivity index (χ4n) is 0.682. The molecule has 0 saturated heterocycles. The first-order valence-electron chi connectivity index (χ1n) is 7.21. The molecule has 41 heavy (non-hydrogen) atoms. The highest BCUT2D eigenvalue weighted by atomic mass is 31.1. The van der Waals surface area contributed by atoms with Gasteiger partial charge in [0.05, 0.1) is 21.8 Å². The molecule has 10 nitrogen and oxygen atoms in total. The smallest absolute Gasteiger partial charge is 0.332 e. The largest absolute Gasteiger partial charge is 0.463 e. The van der Waals surface area contributed by atoms with Gasteiger partial charge in [0.2, 0.25) is 0 Å². The van der Waals surface area contributed by atoms with Gasteiger partial charge in [-0.15, -0.1) is 0 Å². The van der Waals surface area contributed by atoms with Crippen LogP contribution in [0.4, 0.5) is 0 Å². The second-order valence-corrected chi connectivity index (χ2v) is 5.18. The Morgan fingerprint density at radius 3 is 1.17 bits per heavy atom. The van der Waals surface area contributed by atoms with E-state index in [2.05, 4.69) is 38.5 Å². The van der Waals surface area contributed by atoms with Crippen molar-refractivity contribution in [2.75, 3.05) is 32.9 Å². The van der Waals surface area contributed by atoms with Gasteiger partial charge in [0.15, 0.2) is 6.79 Å². The summed E-state index contributed by atoms with van der Waals surface area (Å²) in [6.07, 6.45) is 3.35. The van der Waals surface area contributed by atoms with Gasteiger partial charge >= 0.3 is 17.9 Å². The zero-order valence-corrected chi connectivity index (χ0v) is 17.0. The Balaban J connectivity index is -0.0000000128. The minimum absolute atomic E-state index is 0. The van der Waals surface area contributed by atoms with Crippen molar-refractivity contribution >= 4 is 35.5 Å².